The smallest absolute Gasteiger partial charge is 0.108 e. The summed E-state index contributed by atoms with van der Waals surface area (Å²) in [7, 11) is 0. The van der Waals surface area contributed by atoms with Crippen molar-refractivity contribution in [3.63, 3.8) is 0 Å². The molecule has 0 bridgehead atoms. The van der Waals surface area contributed by atoms with Crippen molar-refractivity contribution < 1.29 is 5.11 Å². The first-order valence-corrected chi connectivity index (χ1v) is 5.47. The molecule has 0 aliphatic heterocycles. The van der Waals surface area contributed by atoms with E-state index in [-0.39, 0.29) is 0 Å². The number of pyridine rings is 1. The van der Waals surface area contributed by atoms with E-state index in [2.05, 4.69) is 4.98 Å². The summed E-state index contributed by atoms with van der Waals surface area (Å²) in [6.07, 6.45) is 2.26. The molecule has 16 heavy (non-hydrogen) atoms. The molecule has 0 aliphatic carbocycles. The second kappa shape index (κ2) is 4.83. The molecule has 1 N–H and O–H groups in total. The SMILES string of the molecule is O[C@H](c1ccccc1Cl)c1cnccc1Cl. The van der Waals surface area contributed by atoms with Crippen LogP contribution in [0.5, 0.6) is 0 Å². The first kappa shape index (κ1) is 11.4. The lowest BCUT2D eigenvalue weighted by Crippen LogP contribution is -2.01. The van der Waals surface area contributed by atoms with Crippen LogP contribution < -0.4 is 0 Å². The van der Waals surface area contributed by atoms with Gasteiger partial charge in [0.1, 0.15) is 6.10 Å². The van der Waals surface area contributed by atoms with Crippen molar-refractivity contribution in [1.82, 2.24) is 4.98 Å². The van der Waals surface area contributed by atoms with Crippen LogP contribution >= 0.6 is 23.2 Å². The van der Waals surface area contributed by atoms with Crippen molar-refractivity contribution >= 4 is 23.2 Å². The van der Waals surface area contributed by atoms with Gasteiger partial charge in [-0.25, -0.2) is 0 Å². The number of nitrogens with zero attached hydrogens (tertiary/aromatic N) is 1. The van der Waals surface area contributed by atoms with Crippen LogP contribution in [0.25, 0.3) is 0 Å². The Labute approximate surface area is 103 Å². The van der Waals surface area contributed by atoms with Crippen molar-refractivity contribution in [3.05, 3.63) is 63.9 Å². The molecule has 0 radical (unpaired) electrons. The van der Waals surface area contributed by atoms with Gasteiger partial charge < -0.3 is 5.11 Å². The summed E-state index contributed by atoms with van der Waals surface area (Å²) in [6, 6.07) is 8.75. The van der Waals surface area contributed by atoms with Crippen LogP contribution in [0.2, 0.25) is 10.0 Å². The maximum atomic E-state index is 10.1. The summed E-state index contributed by atoms with van der Waals surface area (Å²) in [6.45, 7) is 0. The average Bonchev–Trinajstić information content (AvgIpc) is 2.29. The third kappa shape index (κ3) is 2.19. The van der Waals surface area contributed by atoms with Gasteiger partial charge in [0.2, 0.25) is 0 Å². The molecule has 0 amide bonds. The van der Waals surface area contributed by atoms with E-state index in [4.69, 9.17) is 23.2 Å². The molecule has 4 heteroatoms. The van der Waals surface area contributed by atoms with E-state index in [0.717, 1.165) is 0 Å². The lowest BCUT2D eigenvalue weighted by molar-refractivity contribution is 0.220. The summed E-state index contributed by atoms with van der Waals surface area (Å²) < 4.78 is 0. The van der Waals surface area contributed by atoms with E-state index in [9.17, 15) is 5.11 Å². The maximum absolute atomic E-state index is 10.1. The number of halogens is 2. The van der Waals surface area contributed by atoms with Gasteiger partial charge in [-0.05, 0) is 12.1 Å². The predicted molar refractivity (Wildman–Crippen MR) is 64.8 cm³/mol. The highest BCUT2D eigenvalue weighted by Gasteiger charge is 2.16. The molecule has 2 nitrogen and oxygen atoms in total. The second-order valence-electron chi connectivity index (χ2n) is 3.32. The zero-order chi connectivity index (χ0) is 11.5. The van der Waals surface area contributed by atoms with Crippen LogP contribution in [0.1, 0.15) is 17.2 Å². The topological polar surface area (TPSA) is 33.1 Å². The summed E-state index contributed by atoms with van der Waals surface area (Å²) in [5, 5.41) is 11.1. The van der Waals surface area contributed by atoms with E-state index in [1.807, 2.05) is 12.1 Å². The van der Waals surface area contributed by atoms with E-state index in [0.29, 0.717) is 21.2 Å². The van der Waals surface area contributed by atoms with E-state index >= 15 is 0 Å². The fourth-order valence-electron chi connectivity index (χ4n) is 1.46. The van der Waals surface area contributed by atoms with E-state index < -0.39 is 6.10 Å². The van der Waals surface area contributed by atoms with Crippen LogP contribution in [-0.2, 0) is 0 Å². The molecular formula is C12H9Cl2NO. The number of aliphatic hydroxyl groups is 1. The molecule has 1 heterocycles. The lowest BCUT2D eigenvalue weighted by atomic mass is 10.0. The Kier molecular flexibility index (Phi) is 3.44. The van der Waals surface area contributed by atoms with Gasteiger partial charge in [0.15, 0.2) is 0 Å². The molecule has 2 aromatic rings. The minimum Gasteiger partial charge on any atom is -0.383 e. The molecule has 0 aliphatic rings. The second-order valence-corrected chi connectivity index (χ2v) is 4.14. The maximum Gasteiger partial charge on any atom is 0.108 e. The first-order valence-electron chi connectivity index (χ1n) is 4.72. The normalized spacial score (nSPS) is 12.4. The number of benzene rings is 1. The van der Waals surface area contributed by atoms with E-state index in [1.54, 1.807) is 24.4 Å². The molecule has 0 spiro atoms. The fraction of sp³-hybridized carbons (Fsp3) is 0.0833. The zero-order valence-electron chi connectivity index (χ0n) is 8.27. The van der Waals surface area contributed by atoms with Gasteiger partial charge in [-0.3, -0.25) is 4.98 Å². The molecule has 82 valence electrons. The average molecular weight is 254 g/mol. The summed E-state index contributed by atoms with van der Waals surface area (Å²) in [4.78, 5) is 3.93. The Morgan fingerprint density at radius 3 is 2.38 bits per heavy atom. The highest BCUT2D eigenvalue weighted by Crippen LogP contribution is 2.31. The van der Waals surface area contributed by atoms with Gasteiger partial charge in [0, 0.05) is 33.6 Å². The number of hydrogen-bond acceptors (Lipinski definition) is 2. The Bertz CT molecular complexity index is 456. The quantitative estimate of drug-likeness (QED) is 0.890. The van der Waals surface area contributed by atoms with Gasteiger partial charge in [-0.1, -0.05) is 41.4 Å². The number of aliphatic hydroxyl groups excluding tert-OH is 1. The Hall–Kier alpha value is -1.09. The van der Waals surface area contributed by atoms with Crippen molar-refractivity contribution in [2.75, 3.05) is 0 Å². The molecule has 0 unspecified atom stereocenters. The van der Waals surface area contributed by atoms with Gasteiger partial charge in [-0.15, -0.1) is 0 Å². The Morgan fingerprint density at radius 1 is 1.00 bits per heavy atom. The third-order valence-corrected chi connectivity index (χ3v) is 2.98. The van der Waals surface area contributed by atoms with Gasteiger partial charge in [-0.2, -0.15) is 0 Å². The molecular weight excluding hydrogens is 245 g/mol. The number of aromatic nitrogens is 1. The molecule has 0 saturated heterocycles. The van der Waals surface area contributed by atoms with E-state index in [1.165, 1.54) is 6.20 Å². The van der Waals surface area contributed by atoms with Crippen LogP contribution in [0, 0.1) is 0 Å². The number of hydrogen-bond donors (Lipinski definition) is 1. The third-order valence-electron chi connectivity index (χ3n) is 2.29. The fourth-order valence-corrected chi connectivity index (χ4v) is 1.90. The minimum absolute atomic E-state index is 0.474. The molecule has 1 aromatic carbocycles. The lowest BCUT2D eigenvalue weighted by Gasteiger charge is -2.13. The van der Waals surface area contributed by atoms with Crippen LogP contribution in [0.4, 0.5) is 0 Å². The van der Waals surface area contributed by atoms with Crippen LogP contribution in [0.3, 0.4) is 0 Å². The van der Waals surface area contributed by atoms with Crippen molar-refractivity contribution in [2.24, 2.45) is 0 Å². The molecule has 1 atom stereocenters. The zero-order valence-corrected chi connectivity index (χ0v) is 9.78. The minimum atomic E-state index is -0.852. The van der Waals surface area contributed by atoms with Gasteiger partial charge in [0.05, 0.1) is 0 Å². The molecule has 1 aromatic heterocycles. The van der Waals surface area contributed by atoms with Crippen molar-refractivity contribution in [3.8, 4) is 0 Å². The number of rotatable bonds is 2. The molecule has 2 rings (SSSR count). The summed E-state index contributed by atoms with van der Waals surface area (Å²) in [5.41, 5.74) is 1.18. The highest BCUT2D eigenvalue weighted by molar-refractivity contribution is 6.32. The summed E-state index contributed by atoms with van der Waals surface area (Å²) in [5.74, 6) is 0. The molecule has 0 fully saturated rings. The largest absolute Gasteiger partial charge is 0.383 e. The highest BCUT2D eigenvalue weighted by atomic mass is 35.5. The van der Waals surface area contributed by atoms with Crippen molar-refractivity contribution in [1.29, 1.82) is 0 Å². The Morgan fingerprint density at radius 2 is 1.69 bits per heavy atom. The summed E-state index contributed by atoms with van der Waals surface area (Å²) >= 11 is 12.0. The predicted octanol–water partition coefficient (Wildman–Crippen LogP) is 3.47. The standard InChI is InChI=1S/C12H9Cl2NO/c13-10-4-2-1-3-8(10)12(16)9-7-15-6-5-11(9)14/h1-7,12,16H/t12-/m1/s1. The monoisotopic (exact) mass is 253 g/mol. The van der Waals surface area contributed by atoms with Crippen molar-refractivity contribution in [2.45, 2.75) is 6.10 Å². The Balaban J connectivity index is 2.44. The first-order chi connectivity index (χ1) is 7.70. The van der Waals surface area contributed by atoms with Gasteiger partial charge >= 0.3 is 0 Å². The van der Waals surface area contributed by atoms with Gasteiger partial charge in [0.25, 0.3) is 0 Å². The van der Waals surface area contributed by atoms with Crippen LogP contribution in [0.15, 0.2) is 42.7 Å². The molecule has 0 saturated carbocycles. The van der Waals surface area contributed by atoms with Crippen LogP contribution in [-0.4, -0.2) is 10.1 Å².